The van der Waals surface area contributed by atoms with E-state index in [1.54, 1.807) is 85.3 Å². The molecule has 107 heavy (non-hydrogen) atoms. The number of nitrogens with zero attached hydrogens (tertiary/aromatic N) is 5. The molecular formula is C77H64F12Ir5N5O8-5. The van der Waals surface area contributed by atoms with Crippen molar-refractivity contribution in [2.24, 2.45) is 0 Å². The average Bonchev–Trinajstić information content (AvgIpc) is 0.809. The van der Waals surface area contributed by atoms with Crippen molar-refractivity contribution in [2.45, 2.75) is 69.2 Å². The van der Waals surface area contributed by atoms with Crippen molar-refractivity contribution in [2.75, 3.05) is 0 Å². The Morgan fingerprint density at radius 1 is 0.336 bits per heavy atom. The van der Waals surface area contributed by atoms with Gasteiger partial charge in [-0.25, -0.2) is 13.2 Å². The van der Waals surface area contributed by atoms with Crippen LogP contribution in [0.2, 0.25) is 0 Å². The molecule has 0 spiro atoms. The topological polar surface area (TPSA) is 214 Å². The molecule has 0 saturated heterocycles. The van der Waals surface area contributed by atoms with E-state index in [2.05, 4.69) is 49.2 Å². The summed E-state index contributed by atoms with van der Waals surface area (Å²) in [7, 11) is 0. The monoisotopic (exact) mass is 2380 g/mol. The molecule has 579 valence electrons. The third-order valence-electron chi connectivity index (χ3n) is 11.4. The van der Waals surface area contributed by atoms with E-state index in [0.29, 0.717) is 11.4 Å². The Bertz CT molecular complexity index is 4300. The number of hydrogen-bond acceptors (Lipinski definition) is 13. The molecule has 5 aromatic heterocycles. The number of carbonyl (C=O) groups excluding carboxylic acids is 4. The van der Waals surface area contributed by atoms with Crippen LogP contribution in [0, 0.1) is 114 Å². The number of ketones is 4. The van der Waals surface area contributed by atoms with Crippen LogP contribution in [0.4, 0.5) is 52.7 Å². The van der Waals surface area contributed by atoms with Crippen LogP contribution in [-0.4, -0.2) is 68.5 Å². The molecule has 5 heterocycles. The van der Waals surface area contributed by atoms with Crippen molar-refractivity contribution in [3.63, 3.8) is 0 Å². The van der Waals surface area contributed by atoms with Crippen LogP contribution >= 0.6 is 0 Å². The Balaban J connectivity index is -0.000000565. The number of hydrogen-bond donors (Lipinski definition) is 4. The van der Waals surface area contributed by atoms with E-state index in [1.165, 1.54) is 129 Å². The van der Waals surface area contributed by atoms with Gasteiger partial charge in [-0.3, -0.25) is 58.7 Å². The Morgan fingerprint density at radius 3 is 1.04 bits per heavy atom. The molecule has 0 unspecified atom stereocenters. The summed E-state index contributed by atoms with van der Waals surface area (Å²) in [4.78, 5) is 59.7. The predicted molar refractivity (Wildman–Crippen MR) is 360 cm³/mol. The summed E-state index contributed by atoms with van der Waals surface area (Å²) in [6.07, 6.45) is 12.3. The molecule has 10 rings (SSSR count). The van der Waals surface area contributed by atoms with E-state index in [-0.39, 0.29) is 186 Å². The molecule has 10 aromatic rings. The first-order chi connectivity index (χ1) is 48.0. The quantitative estimate of drug-likeness (QED) is 0.0265. The molecule has 0 amide bonds. The van der Waals surface area contributed by atoms with E-state index >= 15 is 0 Å². The third-order valence-corrected chi connectivity index (χ3v) is 11.4. The molecule has 5 aromatic carbocycles. The fourth-order valence-corrected chi connectivity index (χ4v) is 7.26. The van der Waals surface area contributed by atoms with E-state index in [4.69, 9.17) is 20.4 Å². The maximum Gasteiger partial charge on any atom is 0.155 e. The van der Waals surface area contributed by atoms with Gasteiger partial charge in [0.25, 0.3) is 0 Å². The van der Waals surface area contributed by atoms with Crippen molar-refractivity contribution < 1.29 is 193 Å². The van der Waals surface area contributed by atoms with Gasteiger partial charge in [-0.05, 0) is 121 Å². The van der Waals surface area contributed by atoms with Gasteiger partial charge in [0, 0.05) is 185 Å². The van der Waals surface area contributed by atoms with Gasteiger partial charge in [-0.15, -0.1) is 66.2 Å². The molecule has 0 aliphatic carbocycles. The fourth-order valence-electron chi connectivity index (χ4n) is 7.26. The first-order valence-electron chi connectivity index (χ1n) is 29.3. The number of aryl methyl sites for hydroxylation is 1. The zero-order valence-corrected chi connectivity index (χ0v) is 69.7. The molecule has 13 nitrogen and oxygen atoms in total. The van der Waals surface area contributed by atoms with Crippen LogP contribution in [0.25, 0.3) is 56.3 Å². The summed E-state index contributed by atoms with van der Waals surface area (Å²) in [5, 5.41) is 33.5. The van der Waals surface area contributed by atoms with Crippen molar-refractivity contribution >= 4 is 23.1 Å². The van der Waals surface area contributed by atoms with Crippen LogP contribution in [0.1, 0.15) is 66.5 Å². The minimum absolute atomic E-state index is 0. The number of pyridine rings is 5. The smallest absolute Gasteiger partial charge is 0.155 e. The molecule has 5 radical (unpaired) electrons. The number of aromatic nitrogens is 5. The molecule has 0 fully saturated rings. The first kappa shape index (κ1) is 104. The maximum absolute atomic E-state index is 13.6. The summed E-state index contributed by atoms with van der Waals surface area (Å²) < 4.78 is 155. The number of carbonyl (C=O) groups is 4. The van der Waals surface area contributed by atoms with Gasteiger partial charge in [0.15, 0.2) is 23.1 Å². The Morgan fingerprint density at radius 2 is 0.692 bits per heavy atom. The van der Waals surface area contributed by atoms with Gasteiger partial charge in [-0.1, -0.05) is 107 Å². The zero-order valence-electron chi connectivity index (χ0n) is 57.7. The van der Waals surface area contributed by atoms with E-state index in [0.717, 1.165) is 41.1 Å². The van der Waals surface area contributed by atoms with E-state index in [1.807, 2.05) is 19.1 Å². The number of aliphatic hydroxyl groups excluding tert-OH is 4. The second-order valence-corrected chi connectivity index (χ2v) is 20.5. The number of halogens is 12. The summed E-state index contributed by atoms with van der Waals surface area (Å²) in [6.45, 7) is 14.8. The van der Waals surface area contributed by atoms with Gasteiger partial charge in [0.05, 0.1) is 46.3 Å². The fraction of sp³-hybridized carbons (Fsp3) is 0.130. The van der Waals surface area contributed by atoms with E-state index in [9.17, 15) is 71.9 Å². The Hall–Kier alpha value is -8.90. The zero-order chi connectivity index (χ0) is 76.8. The average molecular weight is 2380 g/mol. The molecule has 0 aliphatic heterocycles. The second-order valence-electron chi connectivity index (χ2n) is 20.5. The second kappa shape index (κ2) is 55.5. The molecule has 0 saturated carbocycles. The van der Waals surface area contributed by atoms with Crippen LogP contribution < -0.4 is 0 Å². The molecule has 0 bridgehead atoms. The van der Waals surface area contributed by atoms with Gasteiger partial charge in [-0.2, -0.15) is 0 Å². The Kier molecular flexibility index (Phi) is 54.2. The standard InChI is InChI=1S/C12H8F2N.C12H9FN.C11H4F4N.C11H5F3N.C11H6F2N.4C5H8O2.5Ir/c1-8-10(13)6-5-9(12(8)14)11-4-2-3-7-15-11;1-9-6-7-14-12(8-9)10-2-4-11(13)5-3-10;12-7-5-6(8-3-1-2-4-16-8)9(13)11(15)10(7)14;12-8-5-4-7(10(13)11(8)14)9-3-1-2-6-15-9;12-8-4-5-9(10(13)7-8)11-3-1-2-6-14-11;4*1-4(6)3-5(2)7;;;;;/h2-4,6-7H,1H3;2,4-8H,1H3;1-4H;1-3,5-6H;1-4,6-7H;4*3,6H,1-2H3;;;;;/q5*-1;;;;;;;;;. The van der Waals surface area contributed by atoms with E-state index < -0.39 is 69.6 Å². The number of benzene rings is 5. The SMILES string of the molecule is CC(=O)C=C(C)O.CC(=O)C=C(C)O.CC(=O)C=C(C)O.CC(=O)C=C(C)O.Cc1c(F)c[c-]c(-c2ccccn2)c1F.Cc1ccnc(-c2[c-]cc(F)cc2)c1.Fc1[c-]c(-c2ccccn2)c(F)c(F)c1F.Fc1c[c-]c(-c2ccccn2)c(F)c1.Fc1c[c-]c(-c2ccccn2)c(F)c1F.[Ir].[Ir].[Ir].[Ir].[Ir]. The van der Waals surface area contributed by atoms with Crippen LogP contribution in [0.15, 0.2) is 206 Å². The normalized spacial score (nSPS) is 10.1. The largest absolute Gasteiger partial charge is 0.512 e. The number of aliphatic hydroxyl groups is 4. The molecule has 4 N–H and O–H groups in total. The van der Waals surface area contributed by atoms with Gasteiger partial charge >= 0.3 is 0 Å². The summed E-state index contributed by atoms with van der Waals surface area (Å²) in [5.74, 6) is -13.9. The van der Waals surface area contributed by atoms with Gasteiger partial charge in [0.2, 0.25) is 0 Å². The van der Waals surface area contributed by atoms with Gasteiger partial charge < -0.3 is 45.3 Å². The number of allylic oxidation sites excluding steroid dienone is 8. The Labute approximate surface area is 678 Å². The summed E-state index contributed by atoms with van der Waals surface area (Å²) in [6, 6.07) is 43.5. The predicted octanol–water partition coefficient (Wildman–Crippen LogP) is 19.2. The molecule has 30 heteroatoms. The van der Waals surface area contributed by atoms with Crippen molar-refractivity contribution in [3.8, 4) is 56.3 Å². The van der Waals surface area contributed by atoms with Gasteiger partial charge in [0.1, 0.15) is 17.5 Å². The molecule has 0 atom stereocenters. The minimum Gasteiger partial charge on any atom is -0.512 e. The summed E-state index contributed by atoms with van der Waals surface area (Å²) in [5.41, 5.74) is 3.56. The summed E-state index contributed by atoms with van der Waals surface area (Å²) >= 11 is 0. The van der Waals surface area contributed by atoms with Crippen LogP contribution in [0.3, 0.4) is 0 Å². The molecule has 0 aliphatic rings. The first-order valence-corrected chi connectivity index (χ1v) is 29.3. The van der Waals surface area contributed by atoms with Crippen LogP contribution in [0.5, 0.6) is 0 Å². The van der Waals surface area contributed by atoms with Crippen molar-refractivity contribution in [3.05, 3.63) is 317 Å². The third kappa shape index (κ3) is 41.1. The van der Waals surface area contributed by atoms with Crippen molar-refractivity contribution in [1.82, 2.24) is 24.9 Å². The van der Waals surface area contributed by atoms with Crippen LogP contribution in [-0.2, 0) is 120 Å². The number of rotatable bonds is 9. The minimum atomic E-state index is -1.88. The molecular weight excluding hydrogens is 2310 g/mol. The van der Waals surface area contributed by atoms with Crippen molar-refractivity contribution in [1.29, 1.82) is 0 Å². The maximum atomic E-state index is 13.6.